The van der Waals surface area contributed by atoms with Gasteiger partial charge < -0.3 is 5.32 Å². The van der Waals surface area contributed by atoms with Crippen LogP contribution in [0.3, 0.4) is 0 Å². The highest BCUT2D eigenvalue weighted by Crippen LogP contribution is 2.26. The number of rotatable bonds is 3. The molecule has 150 valence electrons. The van der Waals surface area contributed by atoms with Crippen molar-refractivity contribution < 1.29 is 4.79 Å². The number of aromatic nitrogens is 2. The Morgan fingerprint density at radius 3 is 2.50 bits per heavy atom. The van der Waals surface area contributed by atoms with Crippen LogP contribution in [0.15, 0.2) is 65.5 Å². The number of benzene rings is 3. The highest BCUT2D eigenvalue weighted by Gasteiger charge is 2.14. The first-order chi connectivity index (χ1) is 14.3. The number of anilines is 1. The molecule has 0 fully saturated rings. The molecule has 0 unspecified atom stereocenters. The number of amides is 1. The standard InChI is InChI=1S/C24H20ClN3O2/c1-14-8-9-17(12-15(14)2)23(29)27-22-13-18(10-11-20(22)25)28-16(3)26-21-7-5-4-6-19(21)24(28)30/h4-13H,1-3H3,(H,27,29). The summed E-state index contributed by atoms with van der Waals surface area (Å²) in [7, 11) is 0. The van der Waals surface area contributed by atoms with Crippen LogP contribution in [0.1, 0.15) is 27.3 Å². The highest BCUT2D eigenvalue weighted by molar-refractivity contribution is 6.34. The zero-order chi connectivity index (χ0) is 21.4. The number of hydrogen-bond donors (Lipinski definition) is 1. The lowest BCUT2D eigenvalue weighted by Gasteiger charge is -2.14. The molecule has 0 aliphatic heterocycles. The molecule has 1 N–H and O–H groups in total. The molecule has 1 heterocycles. The van der Waals surface area contributed by atoms with Crippen LogP contribution in [-0.4, -0.2) is 15.5 Å². The third kappa shape index (κ3) is 3.60. The first kappa shape index (κ1) is 19.9. The minimum absolute atomic E-state index is 0.174. The molecule has 0 saturated heterocycles. The van der Waals surface area contributed by atoms with E-state index < -0.39 is 0 Å². The zero-order valence-corrected chi connectivity index (χ0v) is 17.6. The molecule has 3 aromatic carbocycles. The summed E-state index contributed by atoms with van der Waals surface area (Å²) in [4.78, 5) is 30.3. The van der Waals surface area contributed by atoms with Crippen molar-refractivity contribution in [3.8, 4) is 5.69 Å². The highest BCUT2D eigenvalue weighted by atomic mass is 35.5. The lowest BCUT2D eigenvalue weighted by atomic mass is 10.1. The van der Waals surface area contributed by atoms with Gasteiger partial charge in [0, 0.05) is 5.56 Å². The Kier molecular flexibility index (Phi) is 5.14. The van der Waals surface area contributed by atoms with Gasteiger partial charge >= 0.3 is 0 Å². The van der Waals surface area contributed by atoms with Gasteiger partial charge in [-0.3, -0.25) is 14.2 Å². The number of nitrogens with zero attached hydrogens (tertiary/aromatic N) is 2. The fraction of sp³-hybridized carbons (Fsp3) is 0.125. The molecule has 30 heavy (non-hydrogen) atoms. The van der Waals surface area contributed by atoms with E-state index in [9.17, 15) is 9.59 Å². The van der Waals surface area contributed by atoms with Crippen molar-refractivity contribution in [1.29, 1.82) is 0 Å². The molecule has 5 nitrogen and oxygen atoms in total. The van der Waals surface area contributed by atoms with Crippen molar-refractivity contribution in [2.45, 2.75) is 20.8 Å². The number of nitrogens with one attached hydrogen (secondary N) is 1. The van der Waals surface area contributed by atoms with Gasteiger partial charge in [-0.05, 0) is 74.4 Å². The van der Waals surface area contributed by atoms with Crippen molar-refractivity contribution in [2.75, 3.05) is 5.32 Å². The number of carbonyl (C=O) groups is 1. The Morgan fingerprint density at radius 2 is 1.73 bits per heavy atom. The van der Waals surface area contributed by atoms with Gasteiger partial charge in [-0.15, -0.1) is 0 Å². The van der Waals surface area contributed by atoms with Crippen molar-refractivity contribution >= 4 is 34.1 Å². The van der Waals surface area contributed by atoms with E-state index in [0.717, 1.165) is 11.1 Å². The molecule has 4 aromatic rings. The normalized spacial score (nSPS) is 10.9. The van der Waals surface area contributed by atoms with Gasteiger partial charge in [0.15, 0.2) is 0 Å². The Labute approximate surface area is 179 Å². The van der Waals surface area contributed by atoms with E-state index in [0.29, 0.717) is 38.7 Å². The van der Waals surface area contributed by atoms with E-state index in [-0.39, 0.29) is 11.5 Å². The number of hydrogen-bond acceptors (Lipinski definition) is 3. The van der Waals surface area contributed by atoms with Gasteiger partial charge in [0.2, 0.25) is 0 Å². The lowest BCUT2D eigenvalue weighted by Crippen LogP contribution is -2.22. The molecule has 0 radical (unpaired) electrons. The van der Waals surface area contributed by atoms with Crippen LogP contribution in [0.4, 0.5) is 5.69 Å². The molecule has 1 amide bonds. The summed E-state index contributed by atoms with van der Waals surface area (Å²) in [6.07, 6.45) is 0. The molecule has 6 heteroatoms. The van der Waals surface area contributed by atoms with E-state index >= 15 is 0 Å². The minimum Gasteiger partial charge on any atom is -0.321 e. The molecular weight excluding hydrogens is 398 g/mol. The molecule has 0 spiro atoms. The maximum Gasteiger partial charge on any atom is 0.265 e. The van der Waals surface area contributed by atoms with E-state index in [2.05, 4.69) is 10.3 Å². The number of aryl methyl sites for hydroxylation is 3. The summed E-state index contributed by atoms with van der Waals surface area (Å²) in [5, 5.41) is 3.76. The third-order valence-electron chi connectivity index (χ3n) is 5.17. The fourth-order valence-electron chi connectivity index (χ4n) is 3.37. The number of para-hydroxylation sites is 1. The topological polar surface area (TPSA) is 64.0 Å². The summed E-state index contributed by atoms with van der Waals surface area (Å²) < 4.78 is 1.52. The molecule has 4 rings (SSSR count). The quantitative estimate of drug-likeness (QED) is 0.497. The van der Waals surface area contributed by atoms with Gasteiger partial charge in [-0.1, -0.05) is 29.8 Å². The molecule has 1 aromatic heterocycles. The van der Waals surface area contributed by atoms with Crippen molar-refractivity contribution in [3.05, 3.63) is 98.6 Å². The van der Waals surface area contributed by atoms with Crippen molar-refractivity contribution in [3.63, 3.8) is 0 Å². The van der Waals surface area contributed by atoms with Crippen LogP contribution in [0.2, 0.25) is 5.02 Å². The molecule has 0 aliphatic carbocycles. The average Bonchev–Trinajstić information content (AvgIpc) is 2.72. The van der Waals surface area contributed by atoms with Crippen LogP contribution >= 0.6 is 11.6 Å². The number of carbonyl (C=O) groups excluding carboxylic acids is 1. The first-order valence-corrected chi connectivity index (χ1v) is 9.90. The van der Waals surface area contributed by atoms with E-state index in [4.69, 9.17) is 11.6 Å². The van der Waals surface area contributed by atoms with Crippen LogP contribution in [0, 0.1) is 20.8 Å². The minimum atomic E-state index is -0.266. The second kappa shape index (κ2) is 7.76. The second-order valence-corrected chi connectivity index (χ2v) is 7.64. The number of fused-ring (bicyclic) bond motifs is 1. The van der Waals surface area contributed by atoms with Crippen LogP contribution < -0.4 is 10.9 Å². The second-order valence-electron chi connectivity index (χ2n) is 7.23. The predicted molar refractivity (Wildman–Crippen MR) is 121 cm³/mol. The smallest absolute Gasteiger partial charge is 0.265 e. The molecule has 0 atom stereocenters. The third-order valence-corrected chi connectivity index (χ3v) is 5.50. The van der Waals surface area contributed by atoms with E-state index in [1.54, 1.807) is 37.3 Å². The summed E-state index contributed by atoms with van der Waals surface area (Å²) in [6.45, 7) is 5.73. The SMILES string of the molecule is Cc1ccc(C(=O)Nc2cc(-n3c(C)nc4ccccc4c3=O)ccc2Cl)cc1C. The van der Waals surface area contributed by atoms with Gasteiger partial charge in [-0.25, -0.2) is 4.98 Å². The molecule has 0 aliphatic rings. The summed E-state index contributed by atoms with van der Waals surface area (Å²) in [6, 6.07) is 17.8. The molecular formula is C24H20ClN3O2. The van der Waals surface area contributed by atoms with Crippen LogP contribution in [0.25, 0.3) is 16.6 Å². The van der Waals surface area contributed by atoms with E-state index in [1.165, 1.54) is 4.57 Å². The summed E-state index contributed by atoms with van der Waals surface area (Å²) in [5.74, 6) is 0.283. The predicted octanol–water partition coefficient (Wildman–Crippen LogP) is 5.22. The number of halogens is 1. The Balaban J connectivity index is 1.76. The lowest BCUT2D eigenvalue weighted by molar-refractivity contribution is 0.102. The summed E-state index contributed by atoms with van der Waals surface area (Å²) in [5.41, 5.74) is 4.17. The largest absolute Gasteiger partial charge is 0.321 e. The Morgan fingerprint density at radius 1 is 0.967 bits per heavy atom. The molecule has 0 bridgehead atoms. The van der Waals surface area contributed by atoms with Gasteiger partial charge in [0.05, 0.1) is 27.3 Å². The maximum absolute atomic E-state index is 13.1. The van der Waals surface area contributed by atoms with Crippen molar-refractivity contribution in [1.82, 2.24) is 9.55 Å². The summed E-state index contributed by atoms with van der Waals surface area (Å²) >= 11 is 6.33. The van der Waals surface area contributed by atoms with E-state index in [1.807, 2.05) is 44.2 Å². The monoisotopic (exact) mass is 417 g/mol. The van der Waals surface area contributed by atoms with Crippen LogP contribution in [-0.2, 0) is 0 Å². The maximum atomic E-state index is 13.1. The van der Waals surface area contributed by atoms with Gasteiger partial charge in [0.1, 0.15) is 5.82 Å². The first-order valence-electron chi connectivity index (χ1n) is 9.52. The average molecular weight is 418 g/mol. The van der Waals surface area contributed by atoms with Gasteiger partial charge in [0.25, 0.3) is 11.5 Å². The van der Waals surface area contributed by atoms with Crippen molar-refractivity contribution in [2.24, 2.45) is 0 Å². The van der Waals surface area contributed by atoms with Crippen LogP contribution in [0.5, 0.6) is 0 Å². The molecule has 0 saturated carbocycles. The Bertz CT molecular complexity index is 1360. The fourth-order valence-corrected chi connectivity index (χ4v) is 3.54. The van der Waals surface area contributed by atoms with Gasteiger partial charge in [-0.2, -0.15) is 0 Å². The Hall–Kier alpha value is -3.44. The zero-order valence-electron chi connectivity index (χ0n) is 16.9.